The molecule has 2 heterocycles. The maximum Gasteiger partial charge on any atom is 0.160 e. The SMILES string of the molecule is c1ccc(-c2ccc(-c3cc(-c4ccccc4)nc(-c4ccc(-c5ccc6c(c5)-c5cccc7cccc(c57)O6)cc4)n3)cc2)cc1. The Morgan fingerprint density at radius 3 is 1.57 bits per heavy atom. The lowest BCUT2D eigenvalue weighted by molar-refractivity contribution is 0.487. The van der Waals surface area contributed by atoms with Crippen molar-refractivity contribution in [2.24, 2.45) is 0 Å². The number of aromatic nitrogens is 2. The van der Waals surface area contributed by atoms with E-state index in [4.69, 9.17) is 14.7 Å². The molecule has 0 radical (unpaired) electrons. The number of ether oxygens (including phenoxy) is 1. The molecule has 0 N–H and O–H groups in total. The van der Waals surface area contributed by atoms with Gasteiger partial charge in [0.15, 0.2) is 5.82 Å². The molecule has 47 heavy (non-hydrogen) atoms. The van der Waals surface area contributed by atoms with E-state index in [9.17, 15) is 0 Å². The maximum absolute atomic E-state index is 6.33. The Morgan fingerprint density at radius 2 is 0.872 bits per heavy atom. The summed E-state index contributed by atoms with van der Waals surface area (Å²) in [6.07, 6.45) is 0. The van der Waals surface area contributed by atoms with Crippen molar-refractivity contribution in [3.8, 4) is 78.8 Å². The third kappa shape index (κ3) is 4.95. The molecule has 0 atom stereocenters. The molecule has 3 nitrogen and oxygen atoms in total. The van der Waals surface area contributed by atoms with Crippen molar-refractivity contribution in [3.05, 3.63) is 170 Å². The van der Waals surface area contributed by atoms with E-state index in [1.54, 1.807) is 0 Å². The van der Waals surface area contributed by atoms with E-state index in [1.807, 2.05) is 36.4 Å². The number of benzene rings is 7. The third-order valence-electron chi connectivity index (χ3n) is 8.92. The van der Waals surface area contributed by atoms with Gasteiger partial charge in [0.2, 0.25) is 0 Å². The molecule has 9 rings (SSSR count). The Labute approximate surface area is 273 Å². The molecular weight excluding hydrogens is 572 g/mol. The molecule has 3 heteroatoms. The fourth-order valence-electron chi connectivity index (χ4n) is 6.50. The third-order valence-corrected chi connectivity index (χ3v) is 8.92. The first kappa shape index (κ1) is 27.0. The summed E-state index contributed by atoms with van der Waals surface area (Å²) in [6, 6.07) is 59.1. The van der Waals surface area contributed by atoms with Gasteiger partial charge in [-0.05, 0) is 57.5 Å². The summed E-state index contributed by atoms with van der Waals surface area (Å²) in [4.78, 5) is 10.1. The van der Waals surface area contributed by atoms with Crippen molar-refractivity contribution in [1.82, 2.24) is 9.97 Å². The van der Waals surface area contributed by atoms with Crippen molar-refractivity contribution in [3.63, 3.8) is 0 Å². The van der Waals surface area contributed by atoms with E-state index in [0.29, 0.717) is 5.82 Å². The quantitative estimate of drug-likeness (QED) is 0.197. The topological polar surface area (TPSA) is 35.0 Å². The molecule has 0 fully saturated rings. The summed E-state index contributed by atoms with van der Waals surface area (Å²) in [6.45, 7) is 0. The summed E-state index contributed by atoms with van der Waals surface area (Å²) in [5.41, 5.74) is 11.8. The van der Waals surface area contributed by atoms with E-state index in [-0.39, 0.29) is 0 Å². The van der Waals surface area contributed by atoms with Crippen LogP contribution < -0.4 is 4.74 Å². The van der Waals surface area contributed by atoms with Gasteiger partial charge in [0.05, 0.1) is 11.4 Å². The zero-order chi connectivity index (χ0) is 31.2. The molecule has 0 spiro atoms. The molecule has 0 amide bonds. The van der Waals surface area contributed by atoms with Gasteiger partial charge < -0.3 is 4.74 Å². The molecule has 0 aliphatic carbocycles. The second-order valence-corrected chi connectivity index (χ2v) is 11.8. The van der Waals surface area contributed by atoms with E-state index < -0.39 is 0 Å². The highest BCUT2D eigenvalue weighted by Gasteiger charge is 2.20. The van der Waals surface area contributed by atoms with Crippen LogP contribution in [0.15, 0.2) is 170 Å². The van der Waals surface area contributed by atoms with Gasteiger partial charge in [-0.3, -0.25) is 0 Å². The zero-order valence-corrected chi connectivity index (χ0v) is 25.5. The van der Waals surface area contributed by atoms with Crippen LogP contribution in [-0.4, -0.2) is 9.97 Å². The van der Waals surface area contributed by atoms with E-state index >= 15 is 0 Å². The summed E-state index contributed by atoms with van der Waals surface area (Å²) in [5, 5.41) is 2.35. The number of hydrogen-bond donors (Lipinski definition) is 0. The van der Waals surface area contributed by atoms with Crippen molar-refractivity contribution < 1.29 is 4.74 Å². The maximum atomic E-state index is 6.33. The van der Waals surface area contributed by atoms with E-state index in [2.05, 4.69) is 133 Å². The van der Waals surface area contributed by atoms with Gasteiger partial charge in [-0.2, -0.15) is 0 Å². The van der Waals surface area contributed by atoms with Gasteiger partial charge in [-0.25, -0.2) is 9.97 Å². The second-order valence-electron chi connectivity index (χ2n) is 11.8. The van der Waals surface area contributed by atoms with Crippen molar-refractivity contribution in [2.75, 3.05) is 0 Å². The Morgan fingerprint density at radius 1 is 0.340 bits per heavy atom. The molecule has 0 saturated carbocycles. The Bertz CT molecular complexity index is 2390. The molecule has 8 aromatic rings. The Kier molecular flexibility index (Phi) is 6.46. The predicted molar refractivity (Wildman–Crippen MR) is 192 cm³/mol. The number of hydrogen-bond acceptors (Lipinski definition) is 3. The fraction of sp³-hybridized carbons (Fsp3) is 0. The standard InChI is InChI=1S/C44H28N2O/c1-3-9-29(10-4-1)30-17-21-33(22-18-30)40-28-39(32-11-5-2-6-12-32)45-44(46-40)35-23-19-31(20-24-35)36-25-26-41-38(27-36)37-15-7-13-34-14-8-16-42(47-41)43(34)37/h1-28H. The summed E-state index contributed by atoms with van der Waals surface area (Å²) in [7, 11) is 0. The summed E-state index contributed by atoms with van der Waals surface area (Å²) in [5.74, 6) is 2.49. The van der Waals surface area contributed by atoms with Crippen LogP contribution in [0.25, 0.3) is 78.1 Å². The average Bonchev–Trinajstić information content (AvgIpc) is 3.16. The lowest BCUT2D eigenvalue weighted by Gasteiger charge is -2.22. The highest BCUT2D eigenvalue weighted by Crippen LogP contribution is 2.47. The smallest absolute Gasteiger partial charge is 0.160 e. The van der Waals surface area contributed by atoms with Gasteiger partial charge >= 0.3 is 0 Å². The van der Waals surface area contributed by atoms with E-state index in [1.165, 1.54) is 22.1 Å². The number of rotatable bonds is 5. The highest BCUT2D eigenvalue weighted by atomic mass is 16.5. The monoisotopic (exact) mass is 600 g/mol. The summed E-state index contributed by atoms with van der Waals surface area (Å²) >= 11 is 0. The van der Waals surface area contributed by atoms with Crippen molar-refractivity contribution in [2.45, 2.75) is 0 Å². The molecule has 0 unspecified atom stereocenters. The molecule has 0 bridgehead atoms. The lowest BCUT2D eigenvalue weighted by atomic mass is 9.92. The molecule has 220 valence electrons. The molecule has 1 aliphatic heterocycles. The van der Waals surface area contributed by atoms with Crippen LogP contribution in [0, 0.1) is 0 Å². The molecular formula is C44H28N2O. The van der Waals surface area contributed by atoms with Gasteiger partial charge in [-0.15, -0.1) is 0 Å². The van der Waals surface area contributed by atoms with Crippen LogP contribution in [0.3, 0.4) is 0 Å². The normalized spacial score (nSPS) is 11.6. The van der Waals surface area contributed by atoms with Gasteiger partial charge in [0.1, 0.15) is 11.5 Å². The molecule has 1 aromatic heterocycles. The molecule has 0 saturated heterocycles. The van der Waals surface area contributed by atoms with Gasteiger partial charge in [-0.1, -0.05) is 146 Å². The van der Waals surface area contributed by atoms with Crippen LogP contribution in [0.1, 0.15) is 0 Å². The van der Waals surface area contributed by atoms with Crippen LogP contribution >= 0.6 is 0 Å². The summed E-state index contributed by atoms with van der Waals surface area (Å²) < 4.78 is 6.33. The van der Waals surface area contributed by atoms with Crippen molar-refractivity contribution in [1.29, 1.82) is 0 Å². The molecule has 7 aromatic carbocycles. The number of nitrogens with zero attached hydrogens (tertiary/aromatic N) is 2. The van der Waals surface area contributed by atoms with Crippen molar-refractivity contribution >= 4 is 10.8 Å². The van der Waals surface area contributed by atoms with Crippen LogP contribution in [0.4, 0.5) is 0 Å². The largest absolute Gasteiger partial charge is 0.456 e. The lowest BCUT2D eigenvalue weighted by Crippen LogP contribution is -1.97. The first-order valence-electron chi connectivity index (χ1n) is 15.8. The van der Waals surface area contributed by atoms with Crippen LogP contribution in [-0.2, 0) is 0 Å². The second kappa shape index (κ2) is 11.2. The zero-order valence-electron chi connectivity index (χ0n) is 25.5. The predicted octanol–water partition coefficient (Wildman–Crippen LogP) is 11.7. The van der Waals surface area contributed by atoms with Crippen LogP contribution in [0.5, 0.6) is 11.5 Å². The van der Waals surface area contributed by atoms with Crippen LogP contribution in [0.2, 0.25) is 0 Å². The van der Waals surface area contributed by atoms with E-state index in [0.717, 1.165) is 61.7 Å². The minimum absolute atomic E-state index is 0.696. The minimum atomic E-state index is 0.696. The van der Waals surface area contributed by atoms with Gasteiger partial charge in [0, 0.05) is 27.6 Å². The highest BCUT2D eigenvalue weighted by molar-refractivity contribution is 6.04. The first-order chi connectivity index (χ1) is 23.3. The molecule has 1 aliphatic rings. The Hall–Kier alpha value is -6.32. The Balaban J connectivity index is 1.08. The van der Waals surface area contributed by atoms with Gasteiger partial charge in [0.25, 0.3) is 0 Å². The number of fused-ring (bicyclic) bond motifs is 2. The first-order valence-corrected chi connectivity index (χ1v) is 15.8. The average molecular weight is 601 g/mol. The minimum Gasteiger partial charge on any atom is -0.456 e. The fourth-order valence-corrected chi connectivity index (χ4v) is 6.50.